The summed E-state index contributed by atoms with van der Waals surface area (Å²) < 4.78 is 0. The highest BCUT2D eigenvalue weighted by molar-refractivity contribution is 6.35. The molecule has 1 nitrogen and oxygen atoms in total. The molecule has 0 aromatic heterocycles. The number of halogens is 2. The summed E-state index contributed by atoms with van der Waals surface area (Å²) in [6, 6.07) is 6.11. The number of nitrogens with one attached hydrogen (secondary N) is 1. The van der Waals surface area contributed by atoms with Gasteiger partial charge in [-0.2, -0.15) is 0 Å². The van der Waals surface area contributed by atoms with E-state index < -0.39 is 0 Å². The van der Waals surface area contributed by atoms with Gasteiger partial charge in [0.15, 0.2) is 0 Å². The van der Waals surface area contributed by atoms with E-state index in [4.69, 9.17) is 23.2 Å². The molecule has 0 heterocycles. The number of rotatable bonds is 2. The van der Waals surface area contributed by atoms with Crippen molar-refractivity contribution in [1.29, 1.82) is 0 Å². The van der Waals surface area contributed by atoms with Crippen LogP contribution in [-0.4, -0.2) is 6.04 Å². The largest absolute Gasteiger partial charge is 0.381 e. The maximum atomic E-state index is 6.19. The molecule has 2 rings (SSSR count). The second-order valence-corrected chi connectivity index (χ2v) is 6.90. The Morgan fingerprint density at radius 3 is 2.72 bits per heavy atom. The average molecular weight is 286 g/mol. The molecule has 1 aliphatic carbocycles. The van der Waals surface area contributed by atoms with Crippen molar-refractivity contribution in [3.8, 4) is 0 Å². The summed E-state index contributed by atoms with van der Waals surface area (Å²) in [6.45, 7) is 4.73. The SMILES string of the molecule is CC1(C)CCCC(Nc2cc(Cl)ccc2Cl)CC1. The van der Waals surface area contributed by atoms with Gasteiger partial charge >= 0.3 is 0 Å². The van der Waals surface area contributed by atoms with Gasteiger partial charge in [-0.1, -0.05) is 43.5 Å². The Morgan fingerprint density at radius 1 is 1.17 bits per heavy atom. The molecule has 1 saturated carbocycles. The third-order valence-electron chi connectivity index (χ3n) is 3.86. The molecule has 0 saturated heterocycles. The molecule has 1 N–H and O–H groups in total. The minimum Gasteiger partial charge on any atom is -0.381 e. The minimum atomic E-state index is 0.481. The number of hydrogen-bond donors (Lipinski definition) is 1. The zero-order valence-corrected chi connectivity index (χ0v) is 12.6. The van der Waals surface area contributed by atoms with Gasteiger partial charge in [0, 0.05) is 11.1 Å². The predicted octanol–water partition coefficient (Wildman–Crippen LogP) is 5.76. The molecule has 1 aliphatic rings. The Kier molecular flexibility index (Phi) is 4.45. The van der Waals surface area contributed by atoms with Gasteiger partial charge in [0.1, 0.15) is 0 Å². The lowest BCUT2D eigenvalue weighted by Crippen LogP contribution is -2.19. The van der Waals surface area contributed by atoms with Gasteiger partial charge in [-0.3, -0.25) is 0 Å². The lowest BCUT2D eigenvalue weighted by Gasteiger charge is -2.22. The maximum absolute atomic E-state index is 6.19. The van der Waals surface area contributed by atoms with Gasteiger partial charge in [-0.15, -0.1) is 0 Å². The Morgan fingerprint density at radius 2 is 1.94 bits per heavy atom. The highest BCUT2D eigenvalue weighted by atomic mass is 35.5. The van der Waals surface area contributed by atoms with Crippen LogP contribution in [0.5, 0.6) is 0 Å². The molecule has 0 radical (unpaired) electrons. The number of hydrogen-bond acceptors (Lipinski definition) is 1. The highest BCUT2D eigenvalue weighted by Crippen LogP contribution is 2.35. The van der Waals surface area contributed by atoms with Crippen LogP contribution >= 0.6 is 23.2 Å². The fourth-order valence-electron chi connectivity index (χ4n) is 2.63. The van der Waals surface area contributed by atoms with Crippen LogP contribution in [0.3, 0.4) is 0 Å². The Balaban J connectivity index is 2.03. The summed E-state index contributed by atoms with van der Waals surface area (Å²) in [6.07, 6.45) is 6.28. The third kappa shape index (κ3) is 3.80. The summed E-state index contributed by atoms with van der Waals surface area (Å²) in [5.41, 5.74) is 1.45. The van der Waals surface area contributed by atoms with E-state index >= 15 is 0 Å². The van der Waals surface area contributed by atoms with Crippen LogP contribution in [0.25, 0.3) is 0 Å². The van der Waals surface area contributed by atoms with E-state index in [-0.39, 0.29) is 0 Å². The molecule has 1 fully saturated rings. The van der Waals surface area contributed by atoms with Gasteiger partial charge in [-0.25, -0.2) is 0 Å². The van der Waals surface area contributed by atoms with Crippen molar-refractivity contribution in [1.82, 2.24) is 0 Å². The van der Waals surface area contributed by atoms with Crippen molar-refractivity contribution in [2.75, 3.05) is 5.32 Å². The maximum Gasteiger partial charge on any atom is 0.0638 e. The second kappa shape index (κ2) is 5.71. The van der Waals surface area contributed by atoms with Gasteiger partial charge in [0.05, 0.1) is 10.7 Å². The van der Waals surface area contributed by atoms with E-state index in [0.717, 1.165) is 15.7 Å². The Bertz CT molecular complexity index is 415. The third-order valence-corrected chi connectivity index (χ3v) is 4.43. The van der Waals surface area contributed by atoms with E-state index in [1.807, 2.05) is 18.2 Å². The van der Waals surface area contributed by atoms with Gasteiger partial charge in [0.2, 0.25) is 0 Å². The van der Waals surface area contributed by atoms with E-state index in [0.29, 0.717) is 11.5 Å². The van der Waals surface area contributed by atoms with Gasteiger partial charge in [0.25, 0.3) is 0 Å². The first-order valence-electron chi connectivity index (χ1n) is 6.68. The summed E-state index contributed by atoms with van der Waals surface area (Å²) >= 11 is 12.2. The molecule has 1 aromatic carbocycles. The van der Waals surface area contributed by atoms with Crippen LogP contribution in [0.4, 0.5) is 5.69 Å². The summed E-state index contributed by atoms with van der Waals surface area (Å²) in [7, 11) is 0. The first-order valence-corrected chi connectivity index (χ1v) is 7.43. The number of anilines is 1. The lowest BCUT2D eigenvalue weighted by molar-refractivity contribution is 0.313. The molecule has 1 atom stereocenters. The minimum absolute atomic E-state index is 0.481. The first-order chi connectivity index (χ1) is 8.46. The topological polar surface area (TPSA) is 12.0 Å². The zero-order valence-electron chi connectivity index (χ0n) is 11.1. The number of benzene rings is 1. The molecule has 0 bridgehead atoms. The normalized spacial score (nSPS) is 23.4. The molecule has 1 aromatic rings. The summed E-state index contributed by atoms with van der Waals surface area (Å²) in [4.78, 5) is 0. The van der Waals surface area contributed by atoms with Crippen LogP contribution in [-0.2, 0) is 0 Å². The second-order valence-electron chi connectivity index (χ2n) is 6.06. The molecule has 3 heteroatoms. The molecule has 18 heavy (non-hydrogen) atoms. The lowest BCUT2D eigenvalue weighted by atomic mass is 9.85. The van der Waals surface area contributed by atoms with Crippen LogP contribution < -0.4 is 5.32 Å². The zero-order chi connectivity index (χ0) is 13.2. The van der Waals surface area contributed by atoms with Crippen molar-refractivity contribution >= 4 is 28.9 Å². The van der Waals surface area contributed by atoms with E-state index in [2.05, 4.69) is 19.2 Å². The van der Waals surface area contributed by atoms with Crippen LogP contribution in [0.1, 0.15) is 46.0 Å². The molecule has 100 valence electrons. The van der Waals surface area contributed by atoms with Crippen LogP contribution in [0.15, 0.2) is 18.2 Å². The molecule has 0 amide bonds. The van der Waals surface area contributed by atoms with Crippen molar-refractivity contribution in [3.05, 3.63) is 28.2 Å². The molecule has 1 unspecified atom stereocenters. The average Bonchev–Trinajstić information content (AvgIpc) is 2.46. The van der Waals surface area contributed by atoms with Crippen molar-refractivity contribution in [3.63, 3.8) is 0 Å². The predicted molar refractivity (Wildman–Crippen MR) is 80.7 cm³/mol. The molecule has 0 aliphatic heterocycles. The smallest absolute Gasteiger partial charge is 0.0638 e. The van der Waals surface area contributed by atoms with Crippen LogP contribution in [0.2, 0.25) is 10.0 Å². The standard InChI is InChI=1S/C15H21Cl2N/c1-15(2)8-3-4-12(7-9-15)18-14-10-11(16)5-6-13(14)17/h5-6,10,12,18H,3-4,7-9H2,1-2H3. The summed E-state index contributed by atoms with van der Waals surface area (Å²) in [5.74, 6) is 0. The fraction of sp³-hybridized carbons (Fsp3) is 0.600. The quantitative estimate of drug-likeness (QED) is 0.681. The van der Waals surface area contributed by atoms with E-state index in [1.165, 1.54) is 32.1 Å². The summed E-state index contributed by atoms with van der Waals surface area (Å²) in [5, 5.41) is 5.04. The van der Waals surface area contributed by atoms with Crippen LogP contribution in [0, 0.1) is 5.41 Å². The Labute approximate surface area is 120 Å². The van der Waals surface area contributed by atoms with E-state index in [9.17, 15) is 0 Å². The Hall–Kier alpha value is -0.400. The van der Waals surface area contributed by atoms with E-state index in [1.54, 1.807) is 0 Å². The van der Waals surface area contributed by atoms with Crippen molar-refractivity contribution < 1.29 is 0 Å². The monoisotopic (exact) mass is 285 g/mol. The van der Waals surface area contributed by atoms with Gasteiger partial charge in [-0.05, 0) is 49.3 Å². The van der Waals surface area contributed by atoms with Crippen molar-refractivity contribution in [2.24, 2.45) is 5.41 Å². The first kappa shape index (κ1) is 14.0. The molecular weight excluding hydrogens is 265 g/mol. The van der Waals surface area contributed by atoms with Crippen molar-refractivity contribution in [2.45, 2.75) is 52.0 Å². The fourth-order valence-corrected chi connectivity index (χ4v) is 2.98. The van der Waals surface area contributed by atoms with Gasteiger partial charge < -0.3 is 5.32 Å². The molecular formula is C15H21Cl2N. The highest BCUT2D eigenvalue weighted by Gasteiger charge is 2.24. The molecule has 0 spiro atoms.